The quantitative estimate of drug-likeness (QED) is 0.722. The SMILES string of the molecule is BrN1CCc2ccc3c(c21)C=CC=CN3. The van der Waals surface area contributed by atoms with Gasteiger partial charge in [-0.15, -0.1) is 0 Å². The average molecular weight is 263 g/mol. The zero-order valence-corrected chi connectivity index (χ0v) is 9.79. The lowest BCUT2D eigenvalue weighted by atomic mass is 10.1. The molecular formula is C12H11BrN2. The fourth-order valence-corrected chi connectivity index (χ4v) is 2.71. The van der Waals surface area contributed by atoms with E-state index in [0.29, 0.717) is 0 Å². The molecule has 0 aliphatic carbocycles. The molecule has 0 atom stereocenters. The summed E-state index contributed by atoms with van der Waals surface area (Å²) in [5.74, 6) is 0. The van der Waals surface area contributed by atoms with Crippen molar-refractivity contribution in [3.05, 3.63) is 41.6 Å². The highest BCUT2D eigenvalue weighted by atomic mass is 79.9. The van der Waals surface area contributed by atoms with Crippen LogP contribution in [0.2, 0.25) is 0 Å². The minimum atomic E-state index is 1.05. The minimum Gasteiger partial charge on any atom is -0.361 e. The van der Waals surface area contributed by atoms with E-state index in [2.05, 4.69) is 49.7 Å². The van der Waals surface area contributed by atoms with Gasteiger partial charge in [-0.25, -0.2) is 0 Å². The van der Waals surface area contributed by atoms with E-state index in [1.807, 2.05) is 12.3 Å². The zero-order valence-electron chi connectivity index (χ0n) is 8.20. The van der Waals surface area contributed by atoms with Crippen molar-refractivity contribution in [2.75, 3.05) is 15.8 Å². The molecule has 3 rings (SSSR count). The number of hydrogen-bond acceptors (Lipinski definition) is 2. The predicted molar refractivity (Wildman–Crippen MR) is 68.2 cm³/mol. The highest BCUT2D eigenvalue weighted by molar-refractivity contribution is 9.10. The monoisotopic (exact) mass is 262 g/mol. The van der Waals surface area contributed by atoms with Crippen molar-refractivity contribution in [1.29, 1.82) is 0 Å². The van der Waals surface area contributed by atoms with Crippen LogP contribution in [0.15, 0.2) is 30.5 Å². The van der Waals surface area contributed by atoms with Gasteiger partial charge in [0.05, 0.1) is 5.69 Å². The number of hydrogen-bond donors (Lipinski definition) is 1. The normalized spacial score (nSPS) is 17.0. The van der Waals surface area contributed by atoms with E-state index < -0.39 is 0 Å². The molecule has 0 unspecified atom stereocenters. The molecule has 76 valence electrons. The molecule has 0 radical (unpaired) electrons. The van der Waals surface area contributed by atoms with Crippen LogP contribution in [0.25, 0.3) is 6.08 Å². The lowest BCUT2D eigenvalue weighted by Crippen LogP contribution is -2.05. The first-order valence-corrected chi connectivity index (χ1v) is 5.76. The molecule has 0 bridgehead atoms. The summed E-state index contributed by atoms with van der Waals surface area (Å²) in [5, 5.41) is 3.28. The molecule has 0 saturated heterocycles. The van der Waals surface area contributed by atoms with E-state index in [9.17, 15) is 0 Å². The average Bonchev–Trinajstić information content (AvgIpc) is 2.51. The van der Waals surface area contributed by atoms with Crippen LogP contribution in [-0.4, -0.2) is 6.54 Å². The topological polar surface area (TPSA) is 15.3 Å². The minimum absolute atomic E-state index is 1.05. The van der Waals surface area contributed by atoms with Crippen LogP contribution in [0.5, 0.6) is 0 Å². The molecule has 1 aromatic rings. The second-order valence-corrected chi connectivity index (χ2v) is 4.59. The standard InChI is InChI=1S/C12H11BrN2/c13-15-8-6-9-4-5-11-10(12(9)15)3-1-2-7-14-11/h1-5,7,14H,6,8H2. The summed E-state index contributed by atoms with van der Waals surface area (Å²) in [4.78, 5) is 0. The first-order chi connectivity index (χ1) is 7.36. The molecule has 15 heavy (non-hydrogen) atoms. The summed E-state index contributed by atoms with van der Waals surface area (Å²) in [5.41, 5.74) is 5.16. The zero-order chi connectivity index (χ0) is 10.3. The number of halogens is 1. The van der Waals surface area contributed by atoms with Gasteiger partial charge in [0.25, 0.3) is 0 Å². The van der Waals surface area contributed by atoms with Crippen molar-refractivity contribution in [1.82, 2.24) is 0 Å². The highest BCUT2D eigenvalue weighted by Crippen LogP contribution is 2.39. The molecule has 2 heterocycles. The van der Waals surface area contributed by atoms with Crippen molar-refractivity contribution in [3.8, 4) is 0 Å². The first kappa shape index (κ1) is 9.04. The molecule has 0 spiro atoms. The van der Waals surface area contributed by atoms with Gasteiger partial charge in [0.1, 0.15) is 0 Å². The molecule has 2 aliphatic heterocycles. The summed E-state index contributed by atoms with van der Waals surface area (Å²) < 4.78 is 2.15. The summed E-state index contributed by atoms with van der Waals surface area (Å²) >= 11 is 3.59. The van der Waals surface area contributed by atoms with Gasteiger partial charge in [-0.1, -0.05) is 18.2 Å². The third-order valence-corrected chi connectivity index (χ3v) is 3.54. The van der Waals surface area contributed by atoms with E-state index in [1.54, 1.807) is 0 Å². The lowest BCUT2D eigenvalue weighted by molar-refractivity contribution is 1.06. The fraction of sp³-hybridized carbons (Fsp3) is 0.167. The maximum absolute atomic E-state index is 3.59. The Hall–Kier alpha value is -1.22. The van der Waals surface area contributed by atoms with Crippen molar-refractivity contribution < 1.29 is 0 Å². The van der Waals surface area contributed by atoms with Crippen LogP contribution in [-0.2, 0) is 6.42 Å². The maximum Gasteiger partial charge on any atom is 0.0596 e. The van der Waals surface area contributed by atoms with Crippen molar-refractivity contribution in [2.45, 2.75) is 6.42 Å². The van der Waals surface area contributed by atoms with Crippen LogP contribution in [0.4, 0.5) is 11.4 Å². The van der Waals surface area contributed by atoms with Gasteiger partial charge in [0.2, 0.25) is 0 Å². The van der Waals surface area contributed by atoms with E-state index >= 15 is 0 Å². The smallest absolute Gasteiger partial charge is 0.0596 e. The Morgan fingerprint density at radius 1 is 1.27 bits per heavy atom. The second-order valence-electron chi connectivity index (χ2n) is 3.73. The van der Waals surface area contributed by atoms with Crippen LogP contribution >= 0.6 is 16.1 Å². The van der Waals surface area contributed by atoms with Gasteiger partial charge in [-0.05, 0) is 24.1 Å². The largest absolute Gasteiger partial charge is 0.361 e. The Morgan fingerprint density at radius 2 is 2.20 bits per heavy atom. The molecule has 3 heteroatoms. The Labute approximate surface area is 97.6 Å². The van der Waals surface area contributed by atoms with E-state index in [0.717, 1.165) is 13.0 Å². The van der Waals surface area contributed by atoms with E-state index in [-0.39, 0.29) is 0 Å². The fourth-order valence-electron chi connectivity index (χ4n) is 2.11. The molecule has 2 nitrogen and oxygen atoms in total. The van der Waals surface area contributed by atoms with Crippen molar-refractivity contribution >= 4 is 33.6 Å². The van der Waals surface area contributed by atoms with Crippen molar-refractivity contribution in [2.24, 2.45) is 0 Å². The summed E-state index contributed by atoms with van der Waals surface area (Å²) in [6.45, 7) is 1.05. The van der Waals surface area contributed by atoms with E-state index in [4.69, 9.17) is 0 Å². The third kappa shape index (κ3) is 1.38. The Kier molecular flexibility index (Phi) is 2.06. The number of fused-ring (bicyclic) bond motifs is 3. The third-order valence-electron chi connectivity index (χ3n) is 2.83. The molecule has 0 saturated carbocycles. The molecule has 0 amide bonds. The summed E-state index contributed by atoms with van der Waals surface area (Å²) in [6, 6.07) is 4.36. The van der Waals surface area contributed by atoms with Crippen LogP contribution in [0.1, 0.15) is 11.1 Å². The van der Waals surface area contributed by atoms with Gasteiger partial charge >= 0.3 is 0 Å². The van der Waals surface area contributed by atoms with Crippen LogP contribution in [0.3, 0.4) is 0 Å². The molecular weight excluding hydrogens is 252 g/mol. The van der Waals surface area contributed by atoms with Gasteiger partial charge in [0, 0.05) is 40.1 Å². The Balaban J connectivity index is 2.23. The van der Waals surface area contributed by atoms with Crippen LogP contribution in [0, 0.1) is 0 Å². The summed E-state index contributed by atoms with van der Waals surface area (Å²) in [7, 11) is 0. The molecule has 2 aliphatic rings. The Morgan fingerprint density at radius 3 is 3.13 bits per heavy atom. The van der Waals surface area contributed by atoms with E-state index in [1.165, 1.54) is 22.5 Å². The van der Waals surface area contributed by atoms with Crippen LogP contribution < -0.4 is 9.24 Å². The van der Waals surface area contributed by atoms with Gasteiger partial charge in [-0.3, -0.25) is 0 Å². The molecule has 1 aromatic carbocycles. The number of nitrogens with one attached hydrogen (secondary N) is 1. The van der Waals surface area contributed by atoms with Gasteiger partial charge in [0.15, 0.2) is 0 Å². The van der Waals surface area contributed by atoms with Gasteiger partial charge in [-0.2, -0.15) is 0 Å². The highest BCUT2D eigenvalue weighted by Gasteiger charge is 2.21. The number of anilines is 2. The van der Waals surface area contributed by atoms with Crippen molar-refractivity contribution in [3.63, 3.8) is 0 Å². The predicted octanol–water partition coefficient (Wildman–Crippen LogP) is 3.31. The molecule has 0 fully saturated rings. The lowest BCUT2D eigenvalue weighted by Gasteiger charge is -2.15. The molecule has 0 aromatic heterocycles. The second kappa shape index (κ2) is 3.42. The number of benzene rings is 1. The summed E-state index contributed by atoms with van der Waals surface area (Å²) in [6.07, 6.45) is 9.32. The molecule has 1 N–H and O–H groups in total. The number of allylic oxidation sites excluding steroid dienone is 2. The first-order valence-electron chi connectivity index (χ1n) is 5.05. The van der Waals surface area contributed by atoms with Gasteiger partial charge < -0.3 is 9.24 Å². The Bertz CT molecular complexity index is 463. The number of rotatable bonds is 0. The maximum atomic E-state index is 3.59. The number of nitrogens with zero attached hydrogens (tertiary/aromatic N) is 1.